The van der Waals surface area contributed by atoms with E-state index in [2.05, 4.69) is 5.10 Å². The van der Waals surface area contributed by atoms with Crippen LogP contribution in [0.4, 0.5) is 10.1 Å². The van der Waals surface area contributed by atoms with E-state index in [0.717, 1.165) is 16.8 Å². The first kappa shape index (κ1) is 18.8. The molecule has 3 aromatic rings. The molecule has 2 aromatic carbocycles. The van der Waals surface area contributed by atoms with Gasteiger partial charge in [0.25, 0.3) is 5.91 Å². The van der Waals surface area contributed by atoms with Crippen LogP contribution in [-0.4, -0.2) is 21.7 Å². The fourth-order valence-electron chi connectivity index (χ4n) is 3.22. The van der Waals surface area contributed by atoms with Gasteiger partial charge < -0.3 is 4.90 Å². The SMILES string of the molecule is Cc1ccc(C)c(N(C(=O)c2cnn(-c3ccccc3F)c2C)C(C)C)c1. The maximum atomic E-state index is 14.2. The van der Waals surface area contributed by atoms with Crippen LogP contribution in [0.1, 0.15) is 41.0 Å². The summed E-state index contributed by atoms with van der Waals surface area (Å²) in [6, 6.07) is 12.4. The van der Waals surface area contributed by atoms with E-state index in [9.17, 15) is 9.18 Å². The van der Waals surface area contributed by atoms with Gasteiger partial charge in [0, 0.05) is 11.7 Å². The lowest BCUT2D eigenvalue weighted by atomic mass is 10.1. The summed E-state index contributed by atoms with van der Waals surface area (Å²) in [6.45, 7) is 9.75. The molecule has 1 heterocycles. The normalized spacial score (nSPS) is 11.1. The predicted molar refractivity (Wildman–Crippen MR) is 106 cm³/mol. The lowest BCUT2D eigenvalue weighted by Crippen LogP contribution is -2.37. The number of benzene rings is 2. The molecule has 5 heteroatoms. The molecule has 0 saturated heterocycles. The third-order valence-corrected chi connectivity index (χ3v) is 4.68. The van der Waals surface area contributed by atoms with Crippen LogP contribution in [-0.2, 0) is 0 Å². The number of nitrogens with zero attached hydrogens (tertiary/aromatic N) is 3. The van der Waals surface area contributed by atoms with Gasteiger partial charge in [0.1, 0.15) is 11.5 Å². The molecule has 0 atom stereocenters. The first-order valence-corrected chi connectivity index (χ1v) is 9.01. The quantitative estimate of drug-likeness (QED) is 0.653. The van der Waals surface area contributed by atoms with Crippen LogP contribution in [0.2, 0.25) is 0 Å². The molecule has 0 N–H and O–H groups in total. The summed E-state index contributed by atoms with van der Waals surface area (Å²) in [5, 5.41) is 4.27. The summed E-state index contributed by atoms with van der Waals surface area (Å²) in [6.07, 6.45) is 1.52. The summed E-state index contributed by atoms with van der Waals surface area (Å²) in [5.74, 6) is -0.517. The van der Waals surface area contributed by atoms with Crippen LogP contribution >= 0.6 is 0 Å². The Hall–Kier alpha value is -2.95. The van der Waals surface area contributed by atoms with Crippen molar-refractivity contribution in [3.8, 4) is 5.69 Å². The Morgan fingerprint density at radius 2 is 1.81 bits per heavy atom. The smallest absolute Gasteiger partial charge is 0.262 e. The number of aryl methyl sites for hydroxylation is 2. The van der Waals surface area contributed by atoms with Gasteiger partial charge in [-0.15, -0.1) is 0 Å². The molecule has 0 bridgehead atoms. The maximum Gasteiger partial charge on any atom is 0.262 e. The molecule has 0 aliphatic carbocycles. The molecule has 0 aliphatic heterocycles. The highest BCUT2D eigenvalue weighted by atomic mass is 19.1. The molecule has 0 aliphatic rings. The minimum Gasteiger partial charge on any atom is -0.305 e. The van der Waals surface area contributed by atoms with Gasteiger partial charge in [-0.3, -0.25) is 4.79 Å². The summed E-state index contributed by atoms with van der Waals surface area (Å²) in [5.41, 5.74) is 4.41. The van der Waals surface area contributed by atoms with E-state index < -0.39 is 0 Å². The molecule has 4 nitrogen and oxygen atoms in total. The number of para-hydroxylation sites is 1. The Bertz CT molecular complexity index is 991. The summed E-state index contributed by atoms with van der Waals surface area (Å²) < 4.78 is 15.6. The van der Waals surface area contributed by atoms with Crippen molar-refractivity contribution in [2.75, 3.05) is 4.90 Å². The largest absolute Gasteiger partial charge is 0.305 e. The molecule has 1 aromatic heterocycles. The minimum atomic E-state index is -0.377. The minimum absolute atomic E-state index is 0.0331. The lowest BCUT2D eigenvalue weighted by molar-refractivity contribution is 0.0979. The molecule has 27 heavy (non-hydrogen) atoms. The Morgan fingerprint density at radius 1 is 1.11 bits per heavy atom. The first-order valence-electron chi connectivity index (χ1n) is 9.01. The monoisotopic (exact) mass is 365 g/mol. The second-order valence-electron chi connectivity index (χ2n) is 7.07. The number of rotatable bonds is 4. The summed E-state index contributed by atoms with van der Waals surface area (Å²) in [7, 11) is 0. The van der Waals surface area contributed by atoms with Crippen LogP contribution < -0.4 is 4.90 Å². The number of hydrogen-bond acceptors (Lipinski definition) is 2. The number of halogens is 1. The molecule has 1 amide bonds. The van der Waals surface area contributed by atoms with E-state index in [-0.39, 0.29) is 17.8 Å². The van der Waals surface area contributed by atoms with Gasteiger partial charge >= 0.3 is 0 Å². The second kappa shape index (κ2) is 7.35. The molecule has 0 unspecified atom stereocenters. The van der Waals surface area contributed by atoms with Crippen molar-refractivity contribution in [1.29, 1.82) is 0 Å². The number of anilines is 1. The molecule has 0 radical (unpaired) electrons. The predicted octanol–water partition coefficient (Wildman–Crippen LogP) is 4.99. The fraction of sp³-hybridized carbons (Fsp3) is 0.273. The lowest BCUT2D eigenvalue weighted by Gasteiger charge is -2.28. The van der Waals surface area contributed by atoms with E-state index in [4.69, 9.17) is 0 Å². The Kier molecular flexibility index (Phi) is 5.13. The molecule has 0 fully saturated rings. The third-order valence-electron chi connectivity index (χ3n) is 4.68. The maximum absolute atomic E-state index is 14.2. The van der Waals surface area contributed by atoms with Gasteiger partial charge in [-0.1, -0.05) is 24.3 Å². The molecule has 3 rings (SSSR count). The third kappa shape index (κ3) is 3.50. The molecular weight excluding hydrogens is 341 g/mol. The molecule has 0 saturated carbocycles. The average molecular weight is 365 g/mol. The summed E-state index contributed by atoms with van der Waals surface area (Å²) >= 11 is 0. The number of carbonyl (C=O) groups excluding carboxylic acids is 1. The zero-order valence-electron chi connectivity index (χ0n) is 16.3. The van der Waals surface area contributed by atoms with Gasteiger partial charge in [-0.2, -0.15) is 5.10 Å². The fourth-order valence-corrected chi connectivity index (χ4v) is 3.22. The van der Waals surface area contributed by atoms with Crippen molar-refractivity contribution in [2.24, 2.45) is 0 Å². The van der Waals surface area contributed by atoms with Crippen molar-refractivity contribution in [3.05, 3.63) is 76.9 Å². The van der Waals surface area contributed by atoms with Crippen molar-refractivity contribution in [2.45, 2.75) is 40.7 Å². The Balaban J connectivity index is 2.06. The number of carbonyl (C=O) groups is 1. The van der Waals surface area contributed by atoms with Crippen LogP contribution in [0.3, 0.4) is 0 Å². The molecular formula is C22H24FN3O. The van der Waals surface area contributed by atoms with E-state index in [1.165, 1.54) is 16.9 Å². The Morgan fingerprint density at radius 3 is 2.48 bits per heavy atom. The van der Waals surface area contributed by atoms with Gasteiger partial charge in [-0.25, -0.2) is 9.07 Å². The topological polar surface area (TPSA) is 38.1 Å². The standard InChI is InChI=1S/C22H24FN3O/c1-14(2)25(21-12-15(3)10-11-16(21)4)22(27)18-13-24-26(17(18)5)20-9-7-6-8-19(20)23/h6-14H,1-5H3. The zero-order chi connectivity index (χ0) is 19.7. The van der Waals surface area contributed by atoms with E-state index in [1.54, 1.807) is 30.0 Å². The van der Waals surface area contributed by atoms with Crippen molar-refractivity contribution < 1.29 is 9.18 Å². The van der Waals surface area contributed by atoms with Crippen molar-refractivity contribution >= 4 is 11.6 Å². The molecule has 140 valence electrons. The highest BCUT2D eigenvalue weighted by Crippen LogP contribution is 2.27. The van der Waals surface area contributed by atoms with Crippen molar-refractivity contribution in [3.63, 3.8) is 0 Å². The number of amides is 1. The van der Waals surface area contributed by atoms with Crippen LogP contribution in [0.25, 0.3) is 5.69 Å². The number of hydrogen-bond donors (Lipinski definition) is 0. The van der Waals surface area contributed by atoms with Gasteiger partial charge in [0.05, 0.1) is 17.5 Å². The highest BCUT2D eigenvalue weighted by Gasteiger charge is 2.26. The van der Waals surface area contributed by atoms with Crippen molar-refractivity contribution in [1.82, 2.24) is 9.78 Å². The van der Waals surface area contributed by atoms with E-state index >= 15 is 0 Å². The van der Waals surface area contributed by atoms with Crippen LogP contribution in [0.15, 0.2) is 48.7 Å². The first-order chi connectivity index (χ1) is 12.8. The van der Waals surface area contributed by atoms with Crippen LogP contribution in [0.5, 0.6) is 0 Å². The van der Waals surface area contributed by atoms with Gasteiger partial charge in [0.2, 0.25) is 0 Å². The van der Waals surface area contributed by atoms with E-state index in [1.807, 2.05) is 45.9 Å². The average Bonchev–Trinajstić information content (AvgIpc) is 2.99. The number of aromatic nitrogens is 2. The summed E-state index contributed by atoms with van der Waals surface area (Å²) in [4.78, 5) is 15.2. The highest BCUT2D eigenvalue weighted by molar-refractivity contribution is 6.07. The van der Waals surface area contributed by atoms with E-state index in [0.29, 0.717) is 16.9 Å². The Labute approximate surface area is 159 Å². The van der Waals surface area contributed by atoms with Gasteiger partial charge in [-0.05, 0) is 63.9 Å². The van der Waals surface area contributed by atoms with Gasteiger partial charge in [0.15, 0.2) is 0 Å². The molecule has 0 spiro atoms. The van der Waals surface area contributed by atoms with Crippen LogP contribution in [0, 0.1) is 26.6 Å². The zero-order valence-corrected chi connectivity index (χ0v) is 16.3. The second-order valence-corrected chi connectivity index (χ2v) is 7.07.